The molecule has 0 bridgehead atoms. The number of nitrogens with two attached hydrogens (primary N) is 2. The van der Waals surface area contributed by atoms with Crippen LogP contribution in [0.4, 0.5) is 11.4 Å². The van der Waals surface area contributed by atoms with Crippen molar-refractivity contribution in [2.75, 3.05) is 49.9 Å². The Bertz CT molecular complexity index is 1410. The van der Waals surface area contributed by atoms with Crippen molar-refractivity contribution >= 4 is 46.6 Å². The van der Waals surface area contributed by atoms with Gasteiger partial charge in [0, 0.05) is 33.6 Å². The van der Waals surface area contributed by atoms with E-state index in [1.165, 1.54) is 36.4 Å². The van der Waals surface area contributed by atoms with E-state index in [1.807, 2.05) is 0 Å². The maximum atomic E-state index is 13.3. The number of fused-ring (bicyclic) bond motifs is 2. The lowest BCUT2D eigenvalue weighted by Crippen LogP contribution is -2.59. The molecule has 2 aromatic rings. The maximum Gasteiger partial charge on any atom is 0.243 e. The molecule has 2 fully saturated rings. The van der Waals surface area contributed by atoms with Gasteiger partial charge in [0.1, 0.15) is 0 Å². The molecular formula is C30H36N8O6. The van der Waals surface area contributed by atoms with Crippen LogP contribution in [0.1, 0.15) is 57.5 Å². The molecule has 14 nitrogen and oxygen atoms in total. The summed E-state index contributed by atoms with van der Waals surface area (Å²) in [6.07, 6.45) is 1.84. The van der Waals surface area contributed by atoms with Crippen LogP contribution >= 0.6 is 0 Å². The Balaban J connectivity index is 1.19. The van der Waals surface area contributed by atoms with Crippen LogP contribution in [-0.4, -0.2) is 85.5 Å². The lowest BCUT2D eigenvalue weighted by molar-refractivity contribution is -0.129. The van der Waals surface area contributed by atoms with Gasteiger partial charge in [-0.25, -0.2) is 0 Å². The molecule has 0 aromatic heterocycles. The molecule has 2 saturated heterocycles. The highest BCUT2D eigenvalue weighted by Crippen LogP contribution is 2.31. The number of rotatable bonds is 8. The number of hydrogen-bond donors (Lipinski definition) is 8. The third kappa shape index (κ3) is 6.53. The molecule has 0 spiro atoms. The molecule has 2 aliphatic heterocycles. The summed E-state index contributed by atoms with van der Waals surface area (Å²) in [7, 11) is 0. The quantitative estimate of drug-likeness (QED) is 0.152. The molecule has 2 aromatic carbocycles. The molecule has 4 amide bonds. The van der Waals surface area contributed by atoms with Crippen molar-refractivity contribution in [3.63, 3.8) is 0 Å². The number of carbonyl (C=O) groups is 6. The second kappa shape index (κ2) is 12.6. The van der Waals surface area contributed by atoms with Gasteiger partial charge in [0.2, 0.25) is 23.6 Å². The van der Waals surface area contributed by atoms with E-state index in [-0.39, 0.29) is 46.7 Å². The lowest BCUT2D eigenvalue weighted by Gasteiger charge is -2.32. The first-order chi connectivity index (χ1) is 21.0. The number of hydrogen-bond acceptors (Lipinski definition) is 10. The van der Waals surface area contributed by atoms with Crippen molar-refractivity contribution in [2.45, 2.75) is 36.8 Å². The minimum Gasteiger partial charge on any atom is -0.345 e. The van der Waals surface area contributed by atoms with E-state index in [1.54, 1.807) is 0 Å². The van der Waals surface area contributed by atoms with Gasteiger partial charge in [0.25, 0.3) is 0 Å². The number of amides is 4. The minimum absolute atomic E-state index is 0.119. The monoisotopic (exact) mass is 604 g/mol. The van der Waals surface area contributed by atoms with Crippen LogP contribution < -0.4 is 43.4 Å². The average molecular weight is 605 g/mol. The Morgan fingerprint density at radius 1 is 0.614 bits per heavy atom. The predicted octanol–water partition coefficient (Wildman–Crippen LogP) is -1.27. The second-order valence-electron chi connectivity index (χ2n) is 11.5. The summed E-state index contributed by atoms with van der Waals surface area (Å²) in [4.78, 5) is 76.7. The molecule has 10 N–H and O–H groups in total. The zero-order valence-corrected chi connectivity index (χ0v) is 24.1. The van der Waals surface area contributed by atoms with E-state index in [0.29, 0.717) is 51.9 Å². The highest BCUT2D eigenvalue weighted by molar-refractivity contribution is 6.29. The van der Waals surface area contributed by atoms with Gasteiger partial charge in [-0.15, -0.1) is 0 Å². The van der Waals surface area contributed by atoms with Gasteiger partial charge >= 0.3 is 0 Å². The summed E-state index contributed by atoms with van der Waals surface area (Å²) >= 11 is 0. The summed E-state index contributed by atoms with van der Waals surface area (Å²) in [6, 6.07) is 8.71. The topological polar surface area (TPSA) is 227 Å². The van der Waals surface area contributed by atoms with Gasteiger partial charge < -0.3 is 43.4 Å². The third-order valence-corrected chi connectivity index (χ3v) is 8.30. The van der Waals surface area contributed by atoms with E-state index >= 15 is 0 Å². The van der Waals surface area contributed by atoms with Crippen molar-refractivity contribution in [2.24, 2.45) is 11.5 Å². The average Bonchev–Trinajstić information content (AvgIpc) is 3.02. The molecule has 1 aliphatic carbocycles. The number of piperidine rings is 2. The highest BCUT2D eigenvalue weighted by Gasteiger charge is 2.36. The van der Waals surface area contributed by atoms with Crippen LogP contribution in [0.15, 0.2) is 36.4 Å². The third-order valence-electron chi connectivity index (χ3n) is 8.30. The predicted molar refractivity (Wildman–Crippen MR) is 161 cm³/mol. The van der Waals surface area contributed by atoms with Gasteiger partial charge in [-0.05, 0) is 88.3 Å². The standard InChI is InChI=1S/C30H36N8O6/c31-29(5-9-33-10-6-29)27(43)35-15-23(39)37-17-1-3-19-21(13-17)26(42)20-4-2-18(14-22(20)25(19)41)38-24(40)16-36-28(44)30(32)7-11-34-12-8-30/h1-4,13-14,33-34H,5-12,15-16,31-32H2,(H,35,43)(H,36,44)(H,37,39)(H,38,40). The molecule has 0 atom stereocenters. The summed E-state index contributed by atoms with van der Waals surface area (Å²) < 4.78 is 0. The van der Waals surface area contributed by atoms with Crippen molar-refractivity contribution < 1.29 is 28.8 Å². The van der Waals surface area contributed by atoms with E-state index < -0.39 is 46.3 Å². The van der Waals surface area contributed by atoms with E-state index in [2.05, 4.69) is 31.9 Å². The summed E-state index contributed by atoms with van der Waals surface area (Å²) in [5, 5.41) is 16.7. The Morgan fingerprint density at radius 3 is 1.34 bits per heavy atom. The van der Waals surface area contributed by atoms with Crippen LogP contribution in [0.3, 0.4) is 0 Å². The Kier molecular flexibility index (Phi) is 8.87. The maximum absolute atomic E-state index is 13.3. The zero-order chi connectivity index (χ0) is 31.5. The molecule has 5 rings (SSSR count). The first-order valence-corrected chi connectivity index (χ1v) is 14.5. The van der Waals surface area contributed by atoms with E-state index in [4.69, 9.17) is 11.5 Å². The summed E-state index contributed by atoms with van der Waals surface area (Å²) in [6.45, 7) is 1.85. The van der Waals surface area contributed by atoms with Crippen LogP contribution in [0.25, 0.3) is 0 Å². The fourth-order valence-electron chi connectivity index (χ4n) is 5.59. The Labute approximate surface area is 253 Å². The van der Waals surface area contributed by atoms with Gasteiger partial charge in [-0.3, -0.25) is 28.8 Å². The molecule has 14 heteroatoms. The largest absolute Gasteiger partial charge is 0.345 e. The fourth-order valence-corrected chi connectivity index (χ4v) is 5.59. The number of benzene rings is 2. The molecule has 44 heavy (non-hydrogen) atoms. The number of ketones is 2. The van der Waals surface area contributed by atoms with Crippen molar-refractivity contribution in [1.82, 2.24) is 21.3 Å². The summed E-state index contributed by atoms with van der Waals surface area (Å²) in [5.41, 5.74) is 11.4. The van der Waals surface area contributed by atoms with E-state index in [0.717, 1.165) is 0 Å². The molecule has 0 radical (unpaired) electrons. The molecular weight excluding hydrogens is 568 g/mol. The minimum atomic E-state index is -1.03. The lowest BCUT2D eigenvalue weighted by atomic mass is 9.83. The highest BCUT2D eigenvalue weighted by atomic mass is 16.2. The Morgan fingerprint density at radius 2 is 0.977 bits per heavy atom. The number of anilines is 2. The molecule has 232 valence electrons. The van der Waals surface area contributed by atoms with Crippen LogP contribution in [0.2, 0.25) is 0 Å². The number of nitrogens with one attached hydrogen (secondary N) is 6. The van der Waals surface area contributed by atoms with Crippen LogP contribution in [-0.2, 0) is 19.2 Å². The Hall–Kier alpha value is -4.50. The first-order valence-electron chi connectivity index (χ1n) is 14.5. The van der Waals surface area contributed by atoms with Crippen LogP contribution in [0.5, 0.6) is 0 Å². The molecule has 3 aliphatic rings. The van der Waals surface area contributed by atoms with Gasteiger partial charge in [-0.1, -0.05) is 0 Å². The SMILES string of the molecule is NC1(C(=O)NCC(=O)Nc2ccc3c(c2)C(=O)c2ccc(NC(=O)CNC(=O)C4(N)CCNCC4)cc2C3=O)CCNCC1. The molecule has 2 heterocycles. The van der Waals surface area contributed by atoms with Gasteiger partial charge in [0.05, 0.1) is 24.2 Å². The van der Waals surface area contributed by atoms with E-state index in [9.17, 15) is 28.8 Å². The van der Waals surface area contributed by atoms with Crippen molar-refractivity contribution in [3.8, 4) is 0 Å². The number of carbonyl (C=O) groups excluding carboxylic acids is 6. The fraction of sp³-hybridized carbons (Fsp3) is 0.400. The van der Waals surface area contributed by atoms with Gasteiger partial charge in [0.15, 0.2) is 11.6 Å². The smallest absolute Gasteiger partial charge is 0.243 e. The van der Waals surface area contributed by atoms with Crippen molar-refractivity contribution in [1.29, 1.82) is 0 Å². The van der Waals surface area contributed by atoms with Crippen LogP contribution in [0, 0.1) is 0 Å². The second-order valence-corrected chi connectivity index (χ2v) is 11.5. The van der Waals surface area contributed by atoms with Crippen molar-refractivity contribution in [3.05, 3.63) is 58.7 Å². The normalized spacial score (nSPS) is 18.3. The molecule has 0 unspecified atom stereocenters. The molecule has 0 saturated carbocycles. The zero-order valence-electron chi connectivity index (χ0n) is 24.1. The summed E-state index contributed by atoms with van der Waals surface area (Å²) in [5.74, 6) is -2.68. The first kappa shape index (κ1) is 30.9. The van der Waals surface area contributed by atoms with Gasteiger partial charge in [-0.2, -0.15) is 0 Å².